The standard InChI is InChI=1S/C24H25N3O2/c28-17-22-23(19-11-5-2-6-12-19)21(27(22)16-18-9-3-1-4-10-18)15-26-24(29)20-13-7-8-14-25-20/h1-14,21-23,28H,15-17H2,(H,26,29)/t21-,22+,23+/m0/s1. The van der Waals surface area contributed by atoms with Crippen molar-refractivity contribution in [3.05, 3.63) is 102 Å². The number of aromatic nitrogens is 1. The van der Waals surface area contributed by atoms with Gasteiger partial charge in [0.05, 0.1) is 6.61 Å². The van der Waals surface area contributed by atoms with Gasteiger partial charge in [0.25, 0.3) is 5.91 Å². The predicted molar refractivity (Wildman–Crippen MR) is 112 cm³/mol. The van der Waals surface area contributed by atoms with Crippen molar-refractivity contribution in [2.75, 3.05) is 13.2 Å². The molecule has 1 fully saturated rings. The first kappa shape index (κ1) is 19.3. The number of amides is 1. The van der Waals surface area contributed by atoms with Crippen LogP contribution in [0.5, 0.6) is 0 Å². The van der Waals surface area contributed by atoms with Crippen molar-refractivity contribution in [1.82, 2.24) is 15.2 Å². The fraction of sp³-hybridized carbons (Fsp3) is 0.250. The number of nitrogens with zero attached hydrogens (tertiary/aromatic N) is 2. The molecule has 29 heavy (non-hydrogen) atoms. The molecule has 4 rings (SSSR count). The molecule has 5 nitrogen and oxygen atoms in total. The van der Waals surface area contributed by atoms with Gasteiger partial charge in [-0.15, -0.1) is 0 Å². The van der Waals surface area contributed by atoms with Crippen LogP contribution in [-0.4, -0.2) is 46.1 Å². The zero-order valence-corrected chi connectivity index (χ0v) is 16.2. The monoisotopic (exact) mass is 387 g/mol. The van der Waals surface area contributed by atoms with Crippen LogP contribution in [0.2, 0.25) is 0 Å². The molecule has 1 aliphatic heterocycles. The minimum absolute atomic E-state index is 0.0226. The predicted octanol–water partition coefficient (Wildman–Crippen LogP) is 2.84. The van der Waals surface area contributed by atoms with Gasteiger partial charge in [0, 0.05) is 37.3 Å². The summed E-state index contributed by atoms with van der Waals surface area (Å²) in [5.74, 6) is -0.0153. The van der Waals surface area contributed by atoms with E-state index in [1.807, 2.05) is 42.5 Å². The van der Waals surface area contributed by atoms with E-state index in [9.17, 15) is 9.90 Å². The minimum Gasteiger partial charge on any atom is -0.395 e. The number of hydrogen-bond donors (Lipinski definition) is 2. The summed E-state index contributed by atoms with van der Waals surface area (Å²) in [5, 5.41) is 13.1. The van der Waals surface area contributed by atoms with Gasteiger partial charge in [0.2, 0.25) is 0 Å². The van der Waals surface area contributed by atoms with Crippen LogP contribution in [0.25, 0.3) is 0 Å². The fourth-order valence-electron chi connectivity index (χ4n) is 4.21. The van der Waals surface area contributed by atoms with Gasteiger partial charge >= 0.3 is 0 Å². The van der Waals surface area contributed by atoms with Crippen LogP contribution in [-0.2, 0) is 6.54 Å². The summed E-state index contributed by atoms with van der Waals surface area (Å²) in [7, 11) is 0. The Kier molecular flexibility index (Phi) is 5.98. The number of hydrogen-bond acceptors (Lipinski definition) is 4. The topological polar surface area (TPSA) is 65.5 Å². The minimum atomic E-state index is -0.176. The van der Waals surface area contributed by atoms with Gasteiger partial charge in [-0.3, -0.25) is 14.7 Å². The SMILES string of the molecule is O=C(NC[C@H]1[C@@H](c2ccccc2)[C@@H](CO)N1Cc1ccccc1)c1ccccn1. The van der Waals surface area contributed by atoms with Crippen molar-refractivity contribution in [3.63, 3.8) is 0 Å². The molecule has 2 heterocycles. The third kappa shape index (κ3) is 4.21. The van der Waals surface area contributed by atoms with Gasteiger partial charge in [-0.1, -0.05) is 66.7 Å². The summed E-state index contributed by atoms with van der Waals surface area (Å²) in [6, 6.07) is 25.9. The van der Waals surface area contributed by atoms with E-state index in [4.69, 9.17) is 0 Å². The van der Waals surface area contributed by atoms with E-state index in [1.165, 1.54) is 11.1 Å². The maximum Gasteiger partial charge on any atom is 0.269 e. The van der Waals surface area contributed by atoms with Crippen molar-refractivity contribution >= 4 is 5.91 Å². The average Bonchev–Trinajstić information content (AvgIpc) is 2.78. The van der Waals surface area contributed by atoms with Crippen LogP contribution in [0.3, 0.4) is 0 Å². The lowest BCUT2D eigenvalue weighted by atomic mass is 9.74. The second kappa shape index (κ2) is 8.99. The van der Waals surface area contributed by atoms with Crippen LogP contribution in [0.4, 0.5) is 0 Å². The molecule has 0 unspecified atom stereocenters. The molecule has 5 heteroatoms. The van der Waals surface area contributed by atoms with Crippen molar-refractivity contribution in [2.45, 2.75) is 24.5 Å². The first-order chi connectivity index (χ1) is 14.3. The Morgan fingerprint density at radius 1 is 0.931 bits per heavy atom. The van der Waals surface area contributed by atoms with Crippen LogP contribution >= 0.6 is 0 Å². The molecule has 0 radical (unpaired) electrons. The number of aliphatic hydroxyl groups excluding tert-OH is 1. The quantitative estimate of drug-likeness (QED) is 0.654. The summed E-state index contributed by atoms with van der Waals surface area (Å²) in [5.41, 5.74) is 2.79. The van der Waals surface area contributed by atoms with Crippen molar-refractivity contribution in [3.8, 4) is 0 Å². The van der Waals surface area contributed by atoms with E-state index in [0.717, 1.165) is 6.54 Å². The maximum atomic E-state index is 12.5. The van der Waals surface area contributed by atoms with Gasteiger partial charge < -0.3 is 10.4 Å². The van der Waals surface area contributed by atoms with Gasteiger partial charge in [0.15, 0.2) is 0 Å². The molecular formula is C24H25N3O2. The normalized spacial score (nSPS) is 21.3. The van der Waals surface area contributed by atoms with E-state index < -0.39 is 0 Å². The molecule has 0 spiro atoms. The Balaban J connectivity index is 1.53. The smallest absolute Gasteiger partial charge is 0.269 e. The van der Waals surface area contributed by atoms with E-state index >= 15 is 0 Å². The second-order valence-electron chi connectivity index (χ2n) is 7.34. The Bertz CT molecular complexity index is 919. The zero-order valence-electron chi connectivity index (χ0n) is 16.2. The first-order valence-corrected chi connectivity index (χ1v) is 9.92. The van der Waals surface area contributed by atoms with Gasteiger partial charge in [-0.05, 0) is 23.3 Å². The highest BCUT2D eigenvalue weighted by Gasteiger charge is 2.48. The highest BCUT2D eigenvalue weighted by atomic mass is 16.3. The third-order valence-corrected chi connectivity index (χ3v) is 5.63. The Morgan fingerprint density at radius 3 is 2.28 bits per heavy atom. The van der Waals surface area contributed by atoms with E-state index in [1.54, 1.807) is 18.3 Å². The summed E-state index contributed by atoms with van der Waals surface area (Å²) in [6.45, 7) is 1.31. The molecule has 1 aromatic heterocycles. The Hall–Kier alpha value is -3.02. The number of benzene rings is 2. The molecule has 0 aliphatic carbocycles. The van der Waals surface area contributed by atoms with Crippen LogP contribution in [0, 0.1) is 0 Å². The molecule has 1 saturated heterocycles. The molecule has 1 amide bonds. The lowest BCUT2D eigenvalue weighted by Gasteiger charge is -2.55. The third-order valence-electron chi connectivity index (χ3n) is 5.63. The Morgan fingerprint density at radius 2 is 1.62 bits per heavy atom. The molecular weight excluding hydrogens is 362 g/mol. The molecule has 3 aromatic rings. The second-order valence-corrected chi connectivity index (χ2v) is 7.34. The molecule has 148 valence electrons. The van der Waals surface area contributed by atoms with Crippen LogP contribution in [0.1, 0.15) is 27.5 Å². The molecule has 0 saturated carbocycles. The molecule has 3 atom stereocenters. The molecule has 0 bridgehead atoms. The number of carbonyl (C=O) groups is 1. The number of aliphatic hydroxyl groups is 1. The lowest BCUT2D eigenvalue weighted by molar-refractivity contribution is -0.0482. The largest absolute Gasteiger partial charge is 0.395 e. The van der Waals surface area contributed by atoms with E-state index in [-0.39, 0.29) is 30.5 Å². The number of carbonyl (C=O) groups excluding carboxylic acids is 1. The summed E-state index contributed by atoms with van der Waals surface area (Å²) in [6.07, 6.45) is 1.62. The van der Waals surface area contributed by atoms with Gasteiger partial charge in [0.1, 0.15) is 5.69 Å². The molecule has 2 N–H and O–H groups in total. The average molecular weight is 387 g/mol. The highest BCUT2D eigenvalue weighted by Crippen LogP contribution is 2.41. The summed E-state index contributed by atoms with van der Waals surface area (Å²) >= 11 is 0. The highest BCUT2D eigenvalue weighted by molar-refractivity contribution is 5.92. The van der Waals surface area contributed by atoms with Gasteiger partial charge in [-0.25, -0.2) is 0 Å². The van der Waals surface area contributed by atoms with E-state index in [0.29, 0.717) is 12.2 Å². The van der Waals surface area contributed by atoms with Crippen LogP contribution < -0.4 is 5.32 Å². The molecule has 2 aromatic carbocycles. The van der Waals surface area contributed by atoms with Crippen molar-refractivity contribution < 1.29 is 9.90 Å². The number of pyridine rings is 1. The van der Waals surface area contributed by atoms with Crippen molar-refractivity contribution in [1.29, 1.82) is 0 Å². The number of likely N-dealkylation sites (tertiary alicyclic amines) is 1. The number of nitrogens with one attached hydrogen (secondary N) is 1. The first-order valence-electron chi connectivity index (χ1n) is 9.92. The Labute approximate surface area is 171 Å². The fourth-order valence-corrected chi connectivity index (χ4v) is 4.21. The summed E-state index contributed by atoms with van der Waals surface area (Å²) < 4.78 is 0. The van der Waals surface area contributed by atoms with Crippen molar-refractivity contribution in [2.24, 2.45) is 0 Å². The lowest BCUT2D eigenvalue weighted by Crippen LogP contribution is -2.66. The van der Waals surface area contributed by atoms with Crippen LogP contribution in [0.15, 0.2) is 85.1 Å². The van der Waals surface area contributed by atoms with Gasteiger partial charge in [-0.2, -0.15) is 0 Å². The maximum absolute atomic E-state index is 12.5. The number of rotatable bonds is 7. The zero-order chi connectivity index (χ0) is 20.1. The van der Waals surface area contributed by atoms with E-state index in [2.05, 4.69) is 39.5 Å². The molecule has 1 aliphatic rings. The summed E-state index contributed by atoms with van der Waals surface area (Å²) in [4.78, 5) is 18.9.